The maximum absolute atomic E-state index is 14.1. The second kappa shape index (κ2) is 7.15. The number of hydrogen-bond acceptors (Lipinski definition) is 7. The number of para-hydroxylation sites is 1. The Hall–Kier alpha value is -4.08. The van der Waals surface area contributed by atoms with Crippen molar-refractivity contribution in [1.29, 1.82) is 5.41 Å². The molecule has 0 aliphatic rings. The number of nitrogens with zero attached hydrogens (tertiary/aromatic N) is 6. The maximum atomic E-state index is 14.1. The number of rotatable bonds is 5. The topological polar surface area (TPSA) is 137 Å². The van der Waals surface area contributed by atoms with E-state index in [1.807, 2.05) is 11.5 Å². The van der Waals surface area contributed by atoms with Gasteiger partial charge in [0.15, 0.2) is 0 Å². The standard InChI is InChI=1S/C19H18FN9/c1-11(15-9-29(27-26-15)16-5-3-2-4-13(16)20)28-8-12(14(22)6-7-21)17-18(23)24-10-25-19(17)28/h2-11,21H,22H2,1H3,(H2,23,24,25). The van der Waals surface area contributed by atoms with E-state index in [0.29, 0.717) is 33.7 Å². The third-order valence-corrected chi connectivity index (χ3v) is 4.67. The SMILES string of the molecule is CC(c1cn(-c2ccccc2F)nn1)n1cc(C(N)=CC=N)c2c(N)ncnc21. The van der Waals surface area contributed by atoms with Crippen molar-refractivity contribution in [1.82, 2.24) is 29.5 Å². The molecule has 0 amide bonds. The van der Waals surface area contributed by atoms with Gasteiger partial charge in [0.2, 0.25) is 0 Å². The average Bonchev–Trinajstić information content (AvgIpc) is 3.34. The van der Waals surface area contributed by atoms with Gasteiger partial charge in [0, 0.05) is 23.7 Å². The van der Waals surface area contributed by atoms with Gasteiger partial charge in [0.25, 0.3) is 0 Å². The van der Waals surface area contributed by atoms with Crippen LogP contribution in [0.25, 0.3) is 22.4 Å². The number of halogens is 1. The number of nitrogens with one attached hydrogen (secondary N) is 1. The largest absolute Gasteiger partial charge is 0.398 e. The number of nitrogen functional groups attached to an aromatic ring is 1. The van der Waals surface area contributed by atoms with Gasteiger partial charge >= 0.3 is 0 Å². The molecule has 1 atom stereocenters. The molecule has 0 saturated carbocycles. The molecule has 146 valence electrons. The van der Waals surface area contributed by atoms with Crippen LogP contribution in [0.3, 0.4) is 0 Å². The van der Waals surface area contributed by atoms with Crippen LogP contribution in [0.2, 0.25) is 0 Å². The smallest absolute Gasteiger partial charge is 0.148 e. The Balaban J connectivity index is 1.82. The molecule has 1 aromatic carbocycles. The van der Waals surface area contributed by atoms with Gasteiger partial charge in [-0.05, 0) is 25.1 Å². The van der Waals surface area contributed by atoms with Gasteiger partial charge in [-0.15, -0.1) is 5.10 Å². The zero-order valence-corrected chi connectivity index (χ0v) is 15.5. The van der Waals surface area contributed by atoms with Crippen molar-refractivity contribution in [3.63, 3.8) is 0 Å². The fourth-order valence-electron chi connectivity index (χ4n) is 3.17. The third kappa shape index (κ3) is 3.10. The highest BCUT2D eigenvalue weighted by molar-refractivity contribution is 5.99. The fraction of sp³-hybridized carbons (Fsp3) is 0.105. The molecule has 9 nitrogen and oxygen atoms in total. The molecule has 0 aliphatic heterocycles. The van der Waals surface area contributed by atoms with Gasteiger partial charge in [-0.3, -0.25) is 0 Å². The zero-order chi connectivity index (χ0) is 20.5. The molecule has 4 rings (SSSR count). The Bertz CT molecular complexity index is 1240. The molecule has 0 radical (unpaired) electrons. The molecule has 10 heteroatoms. The first kappa shape index (κ1) is 18.3. The van der Waals surface area contributed by atoms with Gasteiger partial charge in [-0.2, -0.15) is 0 Å². The Morgan fingerprint density at radius 2 is 2.03 bits per heavy atom. The lowest BCUT2D eigenvalue weighted by Crippen LogP contribution is -2.07. The molecular formula is C19H18FN9. The zero-order valence-electron chi connectivity index (χ0n) is 15.5. The van der Waals surface area contributed by atoms with E-state index < -0.39 is 5.82 Å². The first-order valence-electron chi connectivity index (χ1n) is 8.76. The van der Waals surface area contributed by atoms with Gasteiger partial charge in [0.05, 0.1) is 17.6 Å². The van der Waals surface area contributed by atoms with Gasteiger partial charge in [-0.25, -0.2) is 19.0 Å². The van der Waals surface area contributed by atoms with E-state index in [1.165, 1.54) is 23.2 Å². The van der Waals surface area contributed by atoms with Crippen LogP contribution >= 0.6 is 0 Å². The highest BCUT2D eigenvalue weighted by Gasteiger charge is 2.21. The molecule has 0 saturated heterocycles. The number of nitrogens with two attached hydrogens (primary N) is 2. The second-order valence-corrected chi connectivity index (χ2v) is 6.41. The van der Waals surface area contributed by atoms with Crippen LogP contribution < -0.4 is 11.5 Å². The van der Waals surface area contributed by atoms with Gasteiger partial charge in [-0.1, -0.05) is 17.3 Å². The van der Waals surface area contributed by atoms with Crippen LogP contribution in [-0.4, -0.2) is 35.7 Å². The summed E-state index contributed by atoms with van der Waals surface area (Å²) in [7, 11) is 0. The highest BCUT2D eigenvalue weighted by Crippen LogP contribution is 2.31. The second-order valence-electron chi connectivity index (χ2n) is 6.41. The highest BCUT2D eigenvalue weighted by atomic mass is 19.1. The average molecular weight is 391 g/mol. The molecule has 0 fully saturated rings. The molecular weight excluding hydrogens is 373 g/mol. The number of fused-ring (bicyclic) bond motifs is 1. The lowest BCUT2D eigenvalue weighted by Gasteiger charge is -2.11. The van der Waals surface area contributed by atoms with E-state index in [4.69, 9.17) is 16.9 Å². The molecule has 5 N–H and O–H groups in total. The van der Waals surface area contributed by atoms with Crippen LogP contribution in [-0.2, 0) is 0 Å². The quantitative estimate of drug-likeness (QED) is 0.446. The minimum absolute atomic E-state index is 0.285. The summed E-state index contributed by atoms with van der Waals surface area (Å²) in [5.41, 5.74) is 14.6. The first-order chi connectivity index (χ1) is 14.0. The van der Waals surface area contributed by atoms with Crippen molar-refractivity contribution < 1.29 is 4.39 Å². The molecule has 3 heterocycles. The summed E-state index contributed by atoms with van der Waals surface area (Å²) in [5, 5.41) is 16.1. The van der Waals surface area contributed by atoms with E-state index in [0.717, 1.165) is 6.21 Å². The van der Waals surface area contributed by atoms with E-state index in [2.05, 4.69) is 20.3 Å². The molecule has 1 unspecified atom stereocenters. The van der Waals surface area contributed by atoms with Crippen LogP contribution in [0, 0.1) is 11.2 Å². The van der Waals surface area contributed by atoms with Gasteiger partial charge in [0.1, 0.15) is 35.0 Å². The number of anilines is 1. The summed E-state index contributed by atoms with van der Waals surface area (Å²) in [6, 6.07) is 6.03. The Morgan fingerprint density at radius 3 is 2.79 bits per heavy atom. The molecule has 0 bridgehead atoms. The number of benzene rings is 1. The van der Waals surface area contributed by atoms with E-state index in [-0.39, 0.29) is 11.9 Å². The lowest BCUT2D eigenvalue weighted by molar-refractivity contribution is 0.607. The lowest BCUT2D eigenvalue weighted by atomic mass is 10.1. The Morgan fingerprint density at radius 1 is 1.24 bits per heavy atom. The predicted octanol–water partition coefficient (Wildman–Crippen LogP) is 2.29. The van der Waals surface area contributed by atoms with Crippen molar-refractivity contribution in [2.75, 3.05) is 5.73 Å². The van der Waals surface area contributed by atoms with Crippen LogP contribution in [0.15, 0.2) is 49.1 Å². The molecule has 4 aromatic rings. The molecule has 0 aliphatic carbocycles. The normalized spacial score (nSPS) is 13.0. The van der Waals surface area contributed by atoms with Crippen molar-refractivity contribution in [3.8, 4) is 5.69 Å². The van der Waals surface area contributed by atoms with Crippen molar-refractivity contribution in [3.05, 3.63) is 66.1 Å². The van der Waals surface area contributed by atoms with E-state index in [1.54, 1.807) is 30.6 Å². The third-order valence-electron chi connectivity index (χ3n) is 4.67. The van der Waals surface area contributed by atoms with Crippen molar-refractivity contribution in [2.24, 2.45) is 5.73 Å². The predicted molar refractivity (Wildman–Crippen MR) is 108 cm³/mol. The number of hydrogen-bond donors (Lipinski definition) is 3. The number of aromatic nitrogens is 6. The van der Waals surface area contributed by atoms with Crippen molar-refractivity contribution in [2.45, 2.75) is 13.0 Å². The monoisotopic (exact) mass is 391 g/mol. The van der Waals surface area contributed by atoms with Crippen LogP contribution in [0.4, 0.5) is 10.2 Å². The molecule has 29 heavy (non-hydrogen) atoms. The maximum Gasteiger partial charge on any atom is 0.148 e. The first-order valence-corrected chi connectivity index (χ1v) is 8.76. The van der Waals surface area contributed by atoms with Crippen molar-refractivity contribution >= 4 is 28.8 Å². The summed E-state index contributed by atoms with van der Waals surface area (Å²) in [4.78, 5) is 8.40. The summed E-state index contributed by atoms with van der Waals surface area (Å²) in [6.07, 6.45) is 7.39. The minimum atomic E-state index is -0.393. The number of allylic oxidation sites excluding steroid dienone is 1. The van der Waals surface area contributed by atoms with E-state index >= 15 is 0 Å². The summed E-state index contributed by atoms with van der Waals surface area (Å²) in [5.74, 6) is -0.109. The molecule has 3 aromatic heterocycles. The summed E-state index contributed by atoms with van der Waals surface area (Å²) < 4.78 is 17.3. The fourth-order valence-corrected chi connectivity index (χ4v) is 3.17. The Kier molecular flexibility index (Phi) is 4.51. The van der Waals surface area contributed by atoms with Crippen LogP contribution in [0.1, 0.15) is 24.2 Å². The summed E-state index contributed by atoms with van der Waals surface area (Å²) in [6.45, 7) is 1.91. The summed E-state index contributed by atoms with van der Waals surface area (Å²) >= 11 is 0. The minimum Gasteiger partial charge on any atom is -0.398 e. The van der Waals surface area contributed by atoms with Crippen LogP contribution in [0.5, 0.6) is 0 Å². The molecule has 0 spiro atoms. The van der Waals surface area contributed by atoms with E-state index in [9.17, 15) is 4.39 Å². The van der Waals surface area contributed by atoms with Gasteiger partial charge < -0.3 is 21.4 Å². The Labute approximate surface area is 165 Å².